The van der Waals surface area contributed by atoms with E-state index in [9.17, 15) is 9.59 Å². The summed E-state index contributed by atoms with van der Waals surface area (Å²) in [6, 6.07) is 9.97. The Labute approximate surface area is 167 Å². The molecule has 0 radical (unpaired) electrons. The van der Waals surface area contributed by atoms with Gasteiger partial charge >= 0.3 is 12.0 Å². The van der Waals surface area contributed by atoms with Crippen molar-refractivity contribution in [2.24, 2.45) is 0 Å². The van der Waals surface area contributed by atoms with Crippen LogP contribution < -0.4 is 24.4 Å². The molecular weight excluding hydrogens is 376 g/mol. The van der Waals surface area contributed by atoms with Crippen LogP contribution in [0.25, 0.3) is 0 Å². The molecular formula is C21H20N2O6. The van der Waals surface area contributed by atoms with Crippen molar-refractivity contribution in [1.82, 2.24) is 5.32 Å². The number of benzene rings is 2. The lowest BCUT2D eigenvalue weighted by atomic mass is 9.89. The molecule has 2 bridgehead atoms. The molecule has 0 spiro atoms. The topological polar surface area (TPSA) is 86.3 Å². The van der Waals surface area contributed by atoms with Crippen LogP contribution in [0.1, 0.15) is 35.3 Å². The van der Waals surface area contributed by atoms with E-state index in [1.807, 2.05) is 13.0 Å². The molecule has 1 N–H and O–H groups in total. The van der Waals surface area contributed by atoms with Gasteiger partial charge in [0, 0.05) is 18.1 Å². The third-order valence-electron chi connectivity index (χ3n) is 5.48. The number of esters is 1. The molecule has 1 fully saturated rings. The van der Waals surface area contributed by atoms with Crippen molar-refractivity contribution in [3.05, 3.63) is 47.5 Å². The van der Waals surface area contributed by atoms with Crippen LogP contribution in [0.3, 0.4) is 0 Å². The predicted octanol–water partition coefficient (Wildman–Crippen LogP) is 3.01. The average Bonchev–Trinajstić information content (AvgIpc) is 2.72. The van der Waals surface area contributed by atoms with Crippen LogP contribution >= 0.6 is 0 Å². The summed E-state index contributed by atoms with van der Waals surface area (Å²) in [7, 11) is 1.34. The van der Waals surface area contributed by atoms with Crippen molar-refractivity contribution < 1.29 is 28.5 Å². The number of fused-ring (bicyclic) bond motifs is 5. The van der Waals surface area contributed by atoms with Crippen LogP contribution in [0.15, 0.2) is 36.4 Å². The summed E-state index contributed by atoms with van der Waals surface area (Å²) in [5, 5.41) is 3.02. The van der Waals surface area contributed by atoms with Gasteiger partial charge in [0.05, 0.1) is 24.4 Å². The number of carbonyl (C=O) groups excluding carboxylic acids is 2. The van der Waals surface area contributed by atoms with Crippen molar-refractivity contribution in [3.63, 3.8) is 0 Å². The molecule has 0 aliphatic carbocycles. The van der Waals surface area contributed by atoms with Gasteiger partial charge in [-0.3, -0.25) is 4.90 Å². The largest absolute Gasteiger partial charge is 0.486 e. The molecule has 0 aromatic heterocycles. The molecule has 5 rings (SSSR count). The zero-order valence-corrected chi connectivity index (χ0v) is 16.1. The van der Waals surface area contributed by atoms with Crippen LogP contribution in [0.2, 0.25) is 0 Å². The fourth-order valence-corrected chi connectivity index (χ4v) is 4.18. The first-order chi connectivity index (χ1) is 14.0. The number of carbonyl (C=O) groups is 2. The molecule has 2 amide bonds. The summed E-state index contributed by atoms with van der Waals surface area (Å²) < 4.78 is 22.3. The van der Waals surface area contributed by atoms with Gasteiger partial charge in [-0.05, 0) is 37.3 Å². The first-order valence-corrected chi connectivity index (χ1v) is 9.40. The number of anilines is 1. The number of amides is 2. The van der Waals surface area contributed by atoms with E-state index < -0.39 is 11.7 Å². The Bertz CT molecular complexity index is 1020. The molecule has 150 valence electrons. The second kappa shape index (κ2) is 6.30. The number of methoxy groups -OCH3 is 1. The third kappa shape index (κ3) is 2.74. The van der Waals surface area contributed by atoms with Crippen molar-refractivity contribution in [3.8, 4) is 17.2 Å². The fourth-order valence-electron chi connectivity index (χ4n) is 4.18. The van der Waals surface area contributed by atoms with Crippen molar-refractivity contribution in [2.45, 2.75) is 25.1 Å². The standard InChI is InChI=1S/C21H20N2O6/c1-21-11-15(14-9-12(19(24)26-2)3-5-16(14)29-21)22-20(25)23(21)13-4-6-17-18(10-13)28-8-7-27-17/h3-6,9-10,15H,7-8,11H2,1-2H3,(H,22,25)/t15-,21+/m1/s1. The molecule has 8 nitrogen and oxygen atoms in total. The predicted molar refractivity (Wildman–Crippen MR) is 103 cm³/mol. The highest BCUT2D eigenvalue weighted by atomic mass is 16.6. The van der Waals surface area contributed by atoms with Gasteiger partial charge in [-0.2, -0.15) is 0 Å². The Kier molecular flexibility index (Phi) is 3.84. The normalized spacial score (nSPS) is 24.1. The maximum absolute atomic E-state index is 13.0. The second-order valence-electron chi connectivity index (χ2n) is 7.39. The summed E-state index contributed by atoms with van der Waals surface area (Å²) >= 11 is 0. The zero-order chi connectivity index (χ0) is 20.2. The quantitative estimate of drug-likeness (QED) is 0.786. The second-order valence-corrected chi connectivity index (χ2v) is 7.39. The highest BCUT2D eigenvalue weighted by Gasteiger charge is 2.50. The van der Waals surface area contributed by atoms with Gasteiger partial charge in [-0.1, -0.05) is 0 Å². The summed E-state index contributed by atoms with van der Waals surface area (Å²) in [5.41, 5.74) is 0.946. The molecule has 8 heteroatoms. The Hall–Kier alpha value is -3.42. The number of nitrogens with zero attached hydrogens (tertiary/aromatic N) is 1. The van der Waals surface area contributed by atoms with E-state index in [1.54, 1.807) is 35.2 Å². The molecule has 1 saturated heterocycles. The van der Waals surface area contributed by atoms with E-state index in [0.29, 0.717) is 48.1 Å². The van der Waals surface area contributed by atoms with E-state index in [4.69, 9.17) is 18.9 Å². The fraction of sp³-hybridized carbons (Fsp3) is 0.333. The van der Waals surface area contributed by atoms with E-state index in [0.717, 1.165) is 5.56 Å². The van der Waals surface area contributed by atoms with Gasteiger partial charge < -0.3 is 24.3 Å². The Morgan fingerprint density at radius 2 is 1.90 bits per heavy atom. The van der Waals surface area contributed by atoms with E-state index >= 15 is 0 Å². The molecule has 0 saturated carbocycles. The summed E-state index contributed by atoms with van der Waals surface area (Å²) in [4.78, 5) is 26.5. The highest BCUT2D eigenvalue weighted by molar-refractivity contribution is 5.95. The monoisotopic (exact) mass is 396 g/mol. The van der Waals surface area contributed by atoms with Crippen molar-refractivity contribution >= 4 is 17.7 Å². The average molecular weight is 396 g/mol. The number of nitrogens with one attached hydrogen (secondary N) is 1. The molecule has 2 aromatic rings. The lowest BCUT2D eigenvalue weighted by Gasteiger charge is -2.50. The summed E-state index contributed by atoms with van der Waals surface area (Å²) in [6.45, 7) is 2.85. The van der Waals surface area contributed by atoms with Gasteiger partial charge in [-0.15, -0.1) is 0 Å². The van der Waals surface area contributed by atoms with Gasteiger partial charge in [-0.25, -0.2) is 9.59 Å². The minimum absolute atomic E-state index is 0.269. The highest BCUT2D eigenvalue weighted by Crippen LogP contribution is 2.47. The van der Waals surface area contributed by atoms with E-state index in [1.165, 1.54) is 7.11 Å². The third-order valence-corrected chi connectivity index (χ3v) is 5.48. The van der Waals surface area contributed by atoms with Crippen LogP contribution in [-0.2, 0) is 4.74 Å². The van der Waals surface area contributed by atoms with Crippen molar-refractivity contribution in [2.75, 3.05) is 25.2 Å². The molecule has 2 atom stereocenters. The number of hydrogen-bond acceptors (Lipinski definition) is 6. The van der Waals surface area contributed by atoms with Crippen molar-refractivity contribution in [1.29, 1.82) is 0 Å². The molecule has 2 aromatic carbocycles. The smallest absolute Gasteiger partial charge is 0.337 e. The van der Waals surface area contributed by atoms with Crippen LogP contribution in [0.5, 0.6) is 17.2 Å². The van der Waals surface area contributed by atoms with Gasteiger partial charge in [0.25, 0.3) is 0 Å². The minimum Gasteiger partial charge on any atom is -0.486 e. The molecule has 3 heterocycles. The molecule has 29 heavy (non-hydrogen) atoms. The number of hydrogen-bond donors (Lipinski definition) is 1. The number of urea groups is 1. The maximum atomic E-state index is 13.0. The van der Waals surface area contributed by atoms with Crippen LogP contribution in [-0.4, -0.2) is 38.0 Å². The Morgan fingerprint density at radius 3 is 2.69 bits per heavy atom. The number of rotatable bonds is 2. The summed E-state index contributed by atoms with van der Waals surface area (Å²) in [5.74, 6) is 1.46. The van der Waals surface area contributed by atoms with Crippen LogP contribution in [0, 0.1) is 0 Å². The first-order valence-electron chi connectivity index (χ1n) is 9.40. The Morgan fingerprint density at radius 1 is 1.14 bits per heavy atom. The Balaban J connectivity index is 1.53. The van der Waals surface area contributed by atoms with E-state index in [-0.39, 0.29) is 12.1 Å². The maximum Gasteiger partial charge on any atom is 0.337 e. The van der Waals surface area contributed by atoms with Gasteiger partial charge in [0.1, 0.15) is 19.0 Å². The number of ether oxygens (including phenoxy) is 4. The summed E-state index contributed by atoms with van der Waals surface area (Å²) in [6.07, 6.45) is 0.519. The van der Waals surface area contributed by atoms with Crippen LogP contribution in [0.4, 0.5) is 10.5 Å². The van der Waals surface area contributed by atoms with Gasteiger partial charge in [0.2, 0.25) is 0 Å². The molecule has 3 aliphatic heterocycles. The lowest BCUT2D eigenvalue weighted by Crippen LogP contribution is -2.65. The molecule has 3 aliphatic rings. The SMILES string of the molecule is COC(=O)c1ccc2c(c1)[C@H]1C[C@](C)(O2)N(c2ccc3c(c2)OCCO3)C(=O)N1. The van der Waals surface area contributed by atoms with E-state index in [2.05, 4.69) is 5.32 Å². The van der Waals surface area contributed by atoms with Gasteiger partial charge in [0.15, 0.2) is 17.2 Å². The first kappa shape index (κ1) is 17.7. The molecule has 0 unspecified atom stereocenters. The minimum atomic E-state index is -0.892. The zero-order valence-electron chi connectivity index (χ0n) is 16.1. The lowest BCUT2D eigenvalue weighted by molar-refractivity contribution is 0.0377.